The van der Waals surface area contributed by atoms with E-state index in [0.717, 1.165) is 23.4 Å². The minimum Gasteiger partial charge on any atom is -0.379 e. The number of allylic oxidation sites excluding steroid dienone is 8. The highest BCUT2D eigenvalue weighted by Gasteiger charge is 2.46. The zero-order chi connectivity index (χ0) is 65.0. The zero-order valence-corrected chi connectivity index (χ0v) is 53.8. The highest BCUT2D eigenvalue weighted by atomic mass is 32.2. The number of ether oxygens (including phenoxy) is 3. The summed E-state index contributed by atoms with van der Waals surface area (Å²) >= 11 is 0. The lowest BCUT2D eigenvalue weighted by Crippen LogP contribution is -2.35. The first-order valence-corrected chi connectivity index (χ1v) is 35.5. The van der Waals surface area contributed by atoms with E-state index >= 15 is 4.39 Å². The highest BCUT2D eigenvalue weighted by molar-refractivity contribution is 7.86. The van der Waals surface area contributed by atoms with Gasteiger partial charge in [-0.15, -0.1) is 0 Å². The maximum atomic E-state index is 16.7. The topological polar surface area (TPSA) is 333 Å². The maximum Gasteiger partial charge on any atom is 0.294 e. The molecule has 89 heavy (non-hydrogen) atoms. The van der Waals surface area contributed by atoms with Crippen LogP contribution in [0.2, 0.25) is 0 Å². The molecule has 4 aromatic carbocycles. The molecule has 2 heterocycles. The van der Waals surface area contributed by atoms with Crippen LogP contribution in [0.15, 0.2) is 124 Å². The van der Waals surface area contributed by atoms with Gasteiger partial charge in [0.2, 0.25) is 11.6 Å². The van der Waals surface area contributed by atoms with Gasteiger partial charge in [0.15, 0.2) is 5.71 Å². The second kappa shape index (κ2) is 30.1. The van der Waals surface area contributed by atoms with Crippen LogP contribution < -0.4 is 15.1 Å². The average Bonchev–Trinajstić information content (AvgIpc) is 1.77. The Labute approximate surface area is 520 Å². The van der Waals surface area contributed by atoms with E-state index in [1.165, 1.54) is 18.2 Å². The first-order valence-electron chi connectivity index (χ1n) is 29.3. The molecular weight excluding hydrogens is 1230 g/mol. The van der Waals surface area contributed by atoms with Gasteiger partial charge in [0.25, 0.3) is 40.5 Å². The van der Waals surface area contributed by atoms with Gasteiger partial charge in [0, 0.05) is 95.7 Å². The zero-order valence-electron chi connectivity index (χ0n) is 50.5. The maximum absolute atomic E-state index is 16.7. The van der Waals surface area contributed by atoms with Crippen LogP contribution in [0.4, 0.5) is 21.5 Å². The molecule has 0 radical (unpaired) electrons. The predicted molar refractivity (Wildman–Crippen MR) is 340 cm³/mol. The Morgan fingerprint density at radius 1 is 0.787 bits per heavy atom. The lowest BCUT2D eigenvalue weighted by molar-refractivity contribution is -0.437. The van der Waals surface area contributed by atoms with E-state index in [4.69, 9.17) is 19.7 Å². The van der Waals surface area contributed by atoms with E-state index in [-0.39, 0.29) is 108 Å². The van der Waals surface area contributed by atoms with Crippen LogP contribution in [0.5, 0.6) is 0 Å². The third-order valence-corrected chi connectivity index (χ3v) is 19.2. The van der Waals surface area contributed by atoms with Crippen molar-refractivity contribution in [3.8, 4) is 0 Å². The summed E-state index contributed by atoms with van der Waals surface area (Å²) in [6.45, 7) is 12.8. The quantitative estimate of drug-likeness (QED) is 0.00741. The van der Waals surface area contributed by atoms with Gasteiger partial charge in [0.1, 0.15) is 12.4 Å². The molecule has 0 saturated carbocycles. The number of anilines is 2. The third-order valence-electron chi connectivity index (χ3n) is 15.9. The van der Waals surface area contributed by atoms with Crippen LogP contribution in [-0.2, 0) is 70.3 Å². The van der Waals surface area contributed by atoms with Gasteiger partial charge in [-0.25, -0.2) is 4.39 Å². The first kappa shape index (κ1) is 70.1. The molecule has 2 aliphatic heterocycles. The number of hydrogen-bond acceptors (Lipinski definition) is 15. The fourth-order valence-electron chi connectivity index (χ4n) is 11.9. The number of amides is 1. The Morgan fingerprint density at radius 3 is 2.04 bits per heavy atom. The van der Waals surface area contributed by atoms with Crippen molar-refractivity contribution in [2.24, 2.45) is 11.0 Å². The van der Waals surface area contributed by atoms with Crippen molar-refractivity contribution >= 4 is 85.5 Å². The van der Waals surface area contributed by atoms with Crippen LogP contribution >= 0.6 is 0 Å². The van der Waals surface area contributed by atoms with Gasteiger partial charge in [-0.2, -0.15) is 38.2 Å². The number of nitrogens with one attached hydrogen (secondary N) is 1. The van der Waals surface area contributed by atoms with Crippen molar-refractivity contribution in [2.75, 3.05) is 106 Å². The average molecular weight is 1310 g/mol. The lowest BCUT2D eigenvalue weighted by Gasteiger charge is -2.30. The molecule has 0 fully saturated rings. The Balaban J connectivity index is 1.33. The van der Waals surface area contributed by atoms with Crippen LogP contribution in [-0.4, -0.2) is 164 Å². The number of hydrogen-bond donors (Lipinski definition) is 5. The number of rotatable bonds is 33. The Bertz CT molecular complexity index is 3920. The molecule has 0 bridgehead atoms. The number of fused-ring (bicyclic) bond motifs is 4. The van der Waals surface area contributed by atoms with Gasteiger partial charge in [0.05, 0.1) is 67.2 Å². The third kappa shape index (κ3) is 18.6. The summed E-state index contributed by atoms with van der Waals surface area (Å²) < 4.78 is 171. The Morgan fingerprint density at radius 2 is 1.42 bits per heavy atom. The largest absolute Gasteiger partial charge is 0.379 e. The Kier molecular flexibility index (Phi) is 23.7. The lowest BCUT2D eigenvalue weighted by atomic mass is 9.75. The molecular formula is C61H79FN7O16S4+. The van der Waals surface area contributed by atoms with E-state index in [1.54, 1.807) is 30.3 Å². The molecule has 1 unspecified atom stereocenters. The number of halogens is 1. The standard InChI is InChI=1S/C61H78FN7O16S4/c1-6-26-68-53-21-18-47(67(27-9-36-86(71,72)73)28-10-37-87(74,75)76)41-51(53)60(2,3)55(68)22-16-44-39-46(59(70)64-24-30-83-32-34-85-35-33-84-31-25-65-66-63)40-45(57(44)49-12-7-8-13-52(49)62)17-23-56-61(4,5)58-50-42-48(89(80,81)82)19-14-43(50)15-20-54(58)69(56)29-11-38-88(77,78)79/h7-8,12-23,41-42,46H,6,9-11,24-40H2,1-5H3,(H4-,64,70,71,72,73,74,75,76,77,78,79,80,81,82)/p+1. The molecule has 0 spiro atoms. The van der Waals surface area contributed by atoms with Crippen LogP contribution in [0.1, 0.15) is 89.8 Å². The van der Waals surface area contributed by atoms with E-state index in [1.807, 2.05) is 92.7 Å². The van der Waals surface area contributed by atoms with Gasteiger partial charge < -0.3 is 29.3 Å². The minimum atomic E-state index is -4.64. The molecule has 0 saturated heterocycles. The summed E-state index contributed by atoms with van der Waals surface area (Å²) in [4.78, 5) is 21.0. The number of benzene rings is 4. The van der Waals surface area contributed by atoms with Crippen molar-refractivity contribution in [1.82, 2.24) is 5.32 Å². The van der Waals surface area contributed by atoms with Crippen LogP contribution in [0.25, 0.3) is 26.8 Å². The predicted octanol–water partition coefficient (Wildman–Crippen LogP) is 9.16. The molecule has 1 aliphatic carbocycles. The van der Waals surface area contributed by atoms with Crippen molar-refractivity contribution in [3.63, 3.8) is 0 Å². The van der Waals surface area contributed by atoms with E-state index < -0.39 is 80.3 Å². The van der Waals surface area contributed by atoms with Gasteiger partial charge in [-0.05, 0) is 133 Å². The normalized spacial score (nSPS) is 17.7. The minimum absolute atomic E-state index is 0.0162. The summed E-state index contributed by atoms with van der Waals surface area (Å²) in [5.41, 5.74) is 13.9. The van der Waals surface area contributed by atoms with Crippen LogP contribution in [0.3, 0.4) is 0 Å². The second-order valence-corrected chi connectivity index (χ2v) is 29.1. The van der Waals surface area contributed by atoms with Gasteiger partial charge in [-0.3, -0.25) is 23.0 Å². The van der Waals surface area contributed by atoms with E-state index in [2.05, 4.69) is 20.2 Å². The summed E-state index contributed by atoms with van der Waals surface area (Å²) in [5, 5.41) is 7.63. The molecule has 1 atom stereocenters. The summed E-state index contributed by atoms with van der Waals surface area (Å²) in [6, 6.07) is 20.0. The molecule has 7 rings (SSSR count). The SMILES string of the molecule is CCCN1/C(=C/C=C2\CC(C(=O)NCCOCCOCCOCCN=[N+]=[N-])CC(/C=C/C3=[N+](CCCS(=O)(=O)O)c4ccc5ccc(S(=O)(=O)O)cc5c4C3(C)C)=C2c2ccccc2F)C(C)(C)c2cc(N(CCCS(=O)(=O)O)CCCS(=O)(=O)O)ccc21. The summed E-state index contributed by atoms with van der Waals surface area (Å²) in [6.07, 6.45) is 8.60. The molecule has 4 aromatic rings. The number of nitrogens with zero attached hydrogens (tertiary/aromatic N) is 6. The number of carbonyl (C=O) groups is 1. The van der Waals surface area contributed by atoms with Gasteiger partial charge in [-0.1, -0.05) is 62.3 Å². The molecule has 23 nitrogen and oxygen atoms in total. The monoisotopic (exact) mass is 1310 g/mol. The van der Waals surface area contributed by atoms with Gasteiger partial charge >= 0.3 is 0 Å². The van der Waals surface area contributed by atoms with Crippen LogP contribution in [0, 0.1) is 11.7 Å². The second-order valence-electron chi connectivity index (χ2n) is 23.0. The number of azide groups is 1. The highest BCUT2D eigenvalue weighted by Crippen LogP contribution is 2.51. The molecule has 3 aliphatic rings. The van der Waals surface area contributed by atoms with Crippen molar-refractivity contribution in [1.29, 1.82) is 0 Å². The summed E-state index contributed by atoms with van der Waals surface area (Å²) in [5.74, 6) is -3.17. The summed E-state index contributed by atoms with van der Waals surface area (Å²) in [7, 11) is -17.6. The smallest absolute Gasteiger partial charge is 0.294 e. The first-order chi connectivity index (χ1) is 41.9. The van der Waals surface area contributed by atoms with Crippen molar-refractivity contribution < 1.29 is 79.9 Å². The molecule has 484 valence electrons. The number of carbonyl (C=O) groups excluding carboxylic acids is 1. The molecule has 28 heteroatoms. The fourth-order valence-corrected chi connectivity index (χ4v) is 13.9. The molecule has 1 amide bonds. The van der Waals surface area contributed by atoms with E-state index in [9.17, 15) is 56.7 Å². The van der Waals surface area contributed by atoms with Crippen molar-refractivity contribution in [3.05, 3.63) is 147 Å². The van der Waals surface area contributed by atoms with Crippen molar-refractivity contribution in [2.45, 2.75) is 88.9 Å². The Hall–Kier alpha value is -6.40. The molecule has 5 N–H and O–H groups in total. The fraction of sp³-hybridized carbons (Fsp3) is 0.475. The van der Waals surface area contributed by atoms with E-state index in [0.29, 0.717) is 69.9 Å². The molecule has 0 aromatic heterocycles.